The Kier molecular flexibility index (Phi) is 5.54. The van der Waals surface area contributed by atoms with Gasteiger partial charge in [-0.15, -0.1) is 0 Å². The van der Waals surface area contributed by atoms with Crippen molar-refractivity contribution in [2.75, 3.05) is 11.9 Å². The molecule has 2 aromatic carbocycles. The molecule has 4 nitrogen and oxygen atoms in total. The van der Waals surface area contributed by atoms with Gasteiger partial charge in [0.2, 0.25) is 0 Å². The zero-order valence-electron chi connectivity index (χ0n) is 12.3. The Hall–Kier alpha value is -2.82. The van der Waals surface area contributed by atoms with E-state index in [-0.39, 0.29) is 18.3 Å². The first-order valence-electron chi connectivity index (χ1n) is 6.95. The third-order valence-electron chi connectivity index (χ3n) is 3.01. The molecule has 0 bridgehead atoms. The van der Waals surface area contributed by atoms with Crippen LogP contribution in [0.2, 0.25) is 0 Å². The summed E-state index contributed by atoms with van der Waals surface area (Å²) in [4.78, 5) is 11.8. The highest BCUT2D eigenvalue weighted by molar-refractivity contribution is 5.81. The van der Waals surface area contributed by atoms with Gasteiger partial charge in [0.25, 0.3) is 5.91 Å². The first kappa shape index (κ1) is 15.6. The average molecular weight is 299 g/mol. The molecule has 0 radical (unpaired) electrons. The van der Waals surface area contributed by atoms with Crippen LogP contribution in [0, 0.1) is 5.82 Å². The van der Waals surface area contributed by atoms with Crippen LogP contribution in [-0.4, -0.2) is 12.5 Å². The highest BCUT2D eigenvalue weighted by atomic mass is 19.1. The molecular weight excluding hydrogens is 281 g/mol. The van der Waals surface area contributed by atoms with Gasteiger partial charge in [-0.2, -0.15) is 0 Å². The molecule has 0 aliphatic heterocycles. The summed E-state index contributed by atoms with van der Waals surface area (Å²) in [6, 6.07) is 15.5. The first-order valence-corrected chi connectivity index (χ1v) is 6.95. The second kappa shape index (κ2) is 7.83. The van der Waals surface area contributed by atoms with Crippen LogP contribution in [-0.2, 0) is 4.79 Å². The molecule has 0 unspecified atom stereocenters. The van der Waals surface area contributed by atoms with E-state index in [1.54, 1.807) is 12.1 Å². The lowest BCUT2D eigenvalue weighted by Crippen LogP contribution is -2.39. The van der Waals surface area contributed by atoms with Gasteiger partial charge in [-0.25, -0.2) is 4.39 Å². The van der Waals surface area contributed by atoms with Gasteiger partial charge in [0.05, 0.1) is 12.2 Å². The van der Waals surface area contributed by atoms with Gasteiger partial charge < -0.3 is 5.32 Å². The summed E-state index contributed by atoms with van der Waals surface area (Å²) >= 11 is 0. The average Bonchev–Trinajstić information content (AvgIpc) is 2.56. The van der Waals surface area contributed by atoms with E-state index in [1.165, 1.54) is 12.1 Å². The topological polar surface area (TPSA) is 53.2 Å². The molecule has 2 rings (SSSR count). The van der Waals surface area contributed by atoms with Gasteiger partial charge in [0.1, 0.15) is 5.82 Å². The van der Waals surface area contributed by atoms with E-state index >= 15 is 0 Å². The third-order valence-corrected chi connectivity index (χ3v) is 3.01. The summed E-state index contributed by atoms with van der Waals surface area (Å²) in [5.74, 6) is -0.531. The predicted molar refractivity (Wildman–Crippen MR) is 86.3 cm³/mol. The highest BCUT2D eigenvalue weighted by Gasteiger charge is 2.03. The van der Waals surface area contributed by atoms with Crippen LogP contribution in [0.4, 0.5) is 10.1 Å². The predicted octanol–water partition coefficient (Wildman–Crippen LogP) is 2.92. The summed E-state index contributed by atoms with van der Waals surface area (Å²) in [5, 5.41) is 2.91. The standard InChI is InChI=1S/C17H18FN3O/c1-2-16(13-6-4-3-5-7-13)20-21-17(22)12-19-15-10-8-14(18)9-11-15/h2-11,19-20H,12H2,1H3,(H,21,22)/b16-2-. The molecule has 0 aliphatic rings. The van der Waals surface area contributed by atoms with Crippen molar-refractivity contribution >= 4 is 17.3 Å². The molecule has 0 fully saturated rings. The minimum atomic E-state index is -0.308. The lowest BCUT2D eigenvalue weighted by atomic mass is 10.1. The quantitative estimate of drug-likeness (QED) is 0.719. The Morgan fingerprint density at radius 2 is 1.73 bits per heavy atom. The lowest BCUT2D eigenvalue weighted by molar-refractivity contribution is -0.120. The van der Waals surface area contributed by atoms with Crippen LogP contribution >= 0.6 is 0 Å². The summed E-state index contributed by atoms with van der Waals surface area (Å²) in [6.07, 6.45) is 1.88. The Morgan fingerprint density at radius 3 is 2.36 bits per heavy atom. The molecule has 0 aromatic heterocycles. The van der Waals surface area contributed by atoms with Crippen molar-refractivity contribution in [1.82, 2.24) is 10.9 Å². The van der Waals surface area contributed by atoms with Crippen molar-refractivity contribution in [3.63, 3.8) is 0 Å². The molecule has 1 amide bonds. The first-order chi connectivity index (χ1) is 10.7. The van der Waals surface area contributed by atoms with Crippen molar-refractivity contribution < 1.29 is 9.18 Å². The second-order valence-corrected chi connectivity index (χ2v) is 4.60. The monoisotopic (exact) mass is 299 g/mol. The maximum absolute atomic E-state index is 12.8. The number of hydrazine groups is 1. The molecule has 5 heteroatoms. The van der Waals surface area contributed by atoms with E-state index in [2.05, 4.69) is 16.2 Å². The van der Waals surface area contributed by atoms with E-state index < -0.39 is 0 Å². The van der Waals surface area contributed by atoms with Gasteiger partial charge in [-0.3, -0.25) is 15.6 Å². The second-order valence-electron chi connectivity index (χ2n) is 4.60. The lowest BCUT2D eigenvalue weighted by Gasteiger charge is -2.13. The van der Waals surface area contributed by atoms with Crippen molar-refractivity contribution in [2.45, 2.75) is 6.92 Å². The Bertz CT molecular complexity index is 639. The molecule has 0 aliphatic carbocycles. The van der Waals surface area contributed by atoms with E-state index in [4.69, 9.17) is 0 Å². The Morgan fingerprint density at radius 1 is 1.05 bits per heavy atom. The van der Waals surface area contributed by atoms with Crippen LogP contribution in [0.3, 0.4) is 0 Å². The largest absolute Gasteiger partial charge is 0.376 e. The van der Waals surface area contributed by atoms with E-state index in [9.17, 15) is 9.18 Å². The molecule has 2 aromatic rings. The van der Waals surface area contributed by atoms with Gasteiger partial charge in [-0.05, 0) is 36.8 Å². The molecule has 0 spiro atoms. The smallest absolute Gasteiger partial charge is 0.257 e. The molecule has 114 valence electrons. The fourth-order valence-corrected chi connectivity index (χ4v) is 1.86. The van der Waals surface area contributed by atoms with Gasteiger partial charge >= 0.3 is 0 Å². The van der Waals surface area contributed by atoms with Crippen LogP contribution in [0.15, 0.2) is 60.7 Å². The van der Waals surface area contributed by atoms with Gasteiger partial charge in [-0.1, -0.05) is 36.4 Å². The van der Waals surface area contributed by atoms with Crippen molar-refractivity contribution in [1.29, 1.82) is 0 Å². The summed E-state index contributed by atoms with van der Waals surface area (Å²) < 4.78 is 12.8. The Balaban J connectivity index is 1.81. The number of hydrogen-bond acceptors (Lipinski definition) is 3. The number of halogens is 1. The number of carbonyl (C=O) groups excluding carboxylic acids is 1. The van der Waals surface area contributed by atoms with E-state index in [1.807, 2.05) is 43.3 Å². The van der Waals surface area contributed by atoms with Crippen molar-refractivity contribution in [2.24, 2.45) is 0 Å². The molecule has 3 N–H and O–H groups in total. The van der Waals surface area contributed by atoms with Crippen molar-refractivity contribution in [3.8, 4) is 0 Å². The number of amides is 1. The van der Waals surface area contributed by atoms with Crippen LogP contribution in [0.25, 0.3) is 5.70 Å². The molecule has 0 saturated carbocycles. The SMILES string of the molecule is C/C=C(\NNC(=O)CNc1ccc(F)cc1)c1ccccc1. The summed E-state index contributed by atoms with van der Waals surface area (Å²) in [6.45, 7) is 1.97. The summed E-state index contributed by atoms with van der Waals surface area (Å²) in [5.41, 5.74) is 8.00. The van der Waals surface area contributed by atoms with Gasteiger partial charge in [0.15, 0.2) is 0 Å². The molecule has 0 saturated heterocycles. The maximum Gasteiger partial charge on any atom is 0.257 e. The van der Waals surface area contributed by atoms with Crippen LogP contribution in [0.5, 0.6) is 0 Å². The number of anilines is 1. The molecule has 0 heterocycles. The third kappa shape index (κ3) is 4.63. The number of hydrogen-bond donors (Lipinski definition) is 3. The number of benzene rings is 2. The van der Waals surface area contributed by atoms with Crippen LogP contribution < -0.4 is 16.2 Å². The molecular formula is C17H18FN3O. The maximum atomic E-state index is 12.8. The van der Waals surface area contributed by atoms with Crippen LogP contribution in [0.1, 0.15) is 12.5 Å². The fourth-order valence-electron chi connectivity index (χ4n) is 1.86. The number of nitrogens with one attached hydrogen (secondary N) is 3. The normalized spacial score (nSPS) is 10.9. The number of rotatable bonds is 6. The minimum Gasteiger partial charge on any atom is -0.376 e. The zero-order chi connectivity index (χ0) is 15.8. The van der Waals surface area contributed by atoms with E-state index in [0.29, 0.717) is 5.69 Å². The molecule has 0 atom stereocenters. The van der Waals surface area contributed by atoms with E-state index in [0.717, 1.165) is 11.3 Å². The van der Waals surface area contributed by atoms with Crippen molar-refractivity contribution in [3.05, 3.63) is 72.1 Å². The number of carbonyl (C=O) groups is 1. The van der Waals surface area contributed by atoms with Gasteiger partial charge in [0, 0.05) is 5.69 Å². The number of allylic oxidation sites excluding steroid dienone is 1. The minimum absolute atomic E-state index is 0.0877. The molecule has 22 heavy (non-hydrogen) atoms. The zero-order valence-corrected chi connectivity index (χ0v) is 12.3. The Labute approximate surface area is 129 Å². The fraction of sp³-hybridized carbons (Fsp3) is 0.118. The summed E-state index contributed by atoms with van der Waals surface area (Å²) in [7, 11) is 0. The highest BCUT2D eigenvalue weighted by Crippen LogP contribution is 2.09.